The van der Waals surface area contributed by atoms with E-state index in [9.17, 15) is 5.11 Å². The summed E-state index contributed by atoms with van der Waals surface area (Å²) in [7, 11) is 0. The minimum Gasteiger partial charge on any atom is -0.390 e. The van der Waals surface area contributed by atoms with Gasteiger partial charge in [-0.3, -0.25) is 29.7 Å². The van der Waals surface area contributed by atoms with Crippen LogP contribution in [0.3, 0.4) is 0 Å². The van der Waals surface area contributed by atoms with Crippen molar-refractivity contribution in [2.75, 3.05) is 13.1 Å². The highest BCUT2D eigenvalue weighted by atomic mass is 16.3. The molecule has 4 rings (SSSR count). The molecule has 0 saturated heterocycles. The number of azide groups is 1. The number of pyridine rings is 4. The van der Waals surface area contributed by atoms with Crippen LogP contribution in [0.15, 0.2) is 96.6 Å². The van der Waals surface area contributed by atoms with Crippen molar-refractivity contribution >= 4 is 5.69 Å². The molecule has 0 aliphatic rings. The van der Waals surface area contributed by atoms with Crippen molar-refractivity contribution < 1.29 is 5.11 Å². The predicted octanol–water partition coefficient (Wildman–Crippen LogP) is 4.27. The van der Waals surface area contributed by atoms with Crippen LogP contribution in [-0.2, 0) is 26.2 Å². The second kappa shape index (κ2) is 13.8. The highest BCUT2D eigenvalue weighted by Gasteiger charge is 2.19. The Morgan fingerprint density at radius 2 is 1.14 bits per heavy atom. The van der Waals surface area contributed by atoms with Gasteiger partial charge in [0.2, 0.25) is 0 Å². The summed E-state index contributed by atoms with van der Waals surface area (Å²) in [4.78, 5) is 24.9. The number of hydrogen-bond donors (Lipinski definition) is 1. The van der Waals surface area contributed by atoms with Gasteiger partial charge in [0.25, 0.3) is 0 Å². The van der Waals surface area contributed by atoms with Crippen LogP contribution in [0.1, 0.15) is 22.8 Å². The molecule has 1 unspecified atom stereocenters. The monoisotopic (exact) mass is 495 g/mol. The van der Waals surface area contributed by atoms with Crippen molar-refractivity contribution in [1.82, 2.24) is 29.7 Å². The van der Waals surface area contributed by atoms with E-state index in [1.807, 2.05) is 54.6 Å². The van der Waals surface area contributed by atoms with Crippen LogP contribution in [0.2, 0.25) is 0 Å². The van der Waals surface area contributed by atoms with E-state index in [1.165, 1.54) is 0 Å². The topological polar surface area (TPSA) is 127 Å². The van der Waals surface area contributed by atoms with E-state index < -0.39 is 6.10 Å². The molecule has 37 heavy (non-hydrogen) atoms. The fourth-order valence-electron chi connectivity index (χ4n) is 4.08. The summed E-state index contributed by atoms with van der Waals surface area (Å²) >= 11 is 0. The number of hydrogen-bond acceptors (Lipinski definition) is 8. The lowest BCUT2D eigenvalue weighted by molar-refractivity contribution is 0.0615. The molecule has 188 valence electrons. The first-order valence-electron chi connectivity index (χ1n) is 12.0. The molecule has 0 radical (unpaired) electrons. The zero-order chi connectivity index (χ0) is 25.7. The summed E-state index contributed by atoms with van der Waals surface area (Å²) in [5, 5.41) is 14.9. The van der Waals surface area contributed by atoms with Gasteiger partial charge in [-0.2, -0.15) is 0 Å². The number of aliphatic hydroxyl groups excluding tert-OH is 1. The van der Waals surface area contributed by atoms with E-state index in [1.54, 1.807) is 36.9 Å². The molecule has 10 heteroatoms. The quantitative estimate of drug-likeness (QED) is 0.167. The molecule has 4 heterocycles. The van der Waals surface area contributed by atoms with Crippen molar-refractivity contribution in [3.8, 4) is 0 Å². The summed E-state index contributed by atoms with van der Waals surface area (Å²) in [6.45, 7) is 2.99. The van der Waals surface area contributed by atoms with Crippen molar-refractivity contribution in [2.24, 2.45) is 5.11 Å². The summed E-state index contributed by atoms with van der Waals surface area (Å²) in [5.74, 6) is 0. The Labute approximate surface area is 215 Å². The molecule has 0 fully saturated rings. The molecule has 4 aromatic rings. The van der Waals surface area contributed by atoms with Gasteiger partial charge in [-0.25, -0.2) is 0 Å². The fraction of sp³-hybridized carbons (Fsp3) is 0.259. The predicted molar refractivity (Wildman–Crippen MR) is 140 cm³/mol. The maximum Gasteiger partial charge on any atom is 0.0794 e. The molecule has 10 nitrogen and oxygen atoms in total. The van der Waals surface area contributed by atoms with Crippen LogP contribution in [0.5, 0.6) is 0 Å². The summed E-state index contributed by atoms with van der Waals surface area (Å²) in [6, 6.07) is 20.9. The van der Waals surface area contributed by atoms with Crippen LogP contribution in [0.25, 0.3) is 10.4 Å². The van der Waals surface area contributed by atoms with Crippen LogP contribution >= 0.6 is 0 Å². The lowest BCUT2D eigenvalue weighted by Gasteiger charge is -2.29. The van der Waals surface area contributed by atoms with Crippen molar-refractivity contribution in [2.45, 2.75) is 32.3 Å². The molecule has 0 aromatic carbocycles. The molecule has 0 spiro atoms. The Hall–Kier alpha value is -4.21. The van der Waals surface area contributed by atoms with E-state index >= 15 is 0 Å². The molecule has 1 atom stereocenters. The van der Waals surface area contributed by atoms with E-state index in [-0.39, 0.29) is 0 Å². The van der Waals surface area contributed by atoms with Gasteiger partial charge < -0.3 is 5.11 Å². The van der Waals surface area contributed by atoms with E-state index in [0.29, 0.717) is 45.0 Å². The summed E-state index contributed by atoms with van der Waals surface area (Å²) in [6.07, 6.45) is 6.27. The Bertz CT molecular complexity index is 1230. The molecule has 0 amide bonds. The van der Waals surface area contributed by atoms with Gasteiger partial charge in [0.05, 0.1) is 28.9 Å². The fourth-order valence-corrected chi connectivity index (χ4v) is 4.08. The number of aromatic nitrogens is 4. The zero-order valence-corrected chi connectivity index (χ0v) is 20.5. The molecule has 4 aromatic heterocycles. The minimum absolute atomic E-state index is 0.394. The minimum atomic E-state index is -0.656. The average molecular weight is 496 g/mol. The summed E-state index contributed by atoms with van der Waals surface area (Å²) in [5.41, 5.74) is 12.8. The second-order valence-corrected chi connectivity index (χ2v) is 8.65. The Morgan fingerprint density at radius 1 is 0.676 bits per heavy atom. The van der Waals surface area contributed by atoms with Crippen LogP contribution in [0, 0.1) is 0 Å². The maximum atomic E-state index is 11.2. The zero-order valence-electron chi connectivity index (χ0n) is 20.5. The lowest BCUT2D eigenvalue weighted by Crippen LogP contribution is -2.40. The van der Waals surface area contributed by atoms with Gasteiger partial charge in [0.1, 0.15) is 0 Å². The standard InChI is InChI=1S/C27H29N9O/c28-34-33-22-10-14-32-26(15-22)19-36(18-25-9-3-6-13-31-25)21-27(37)20-35(16-23-7-1-4-11-29-23)17-24-8-2-5-12-30-24/h1-15,27,37H,16-21H2. The van der Waals surface area contributed by atoms with Crippen molar-refractivity contribution in [1.29, 1.82) is 0 Å². The lowest BCUT2D eigenvalue weighted by atomic mass is 10.2. The van der Waals surface area contributed by atoms with Crippen LogP contribution in [0.4, 0.5) is 5.69 Å². The summed E-state index contributed by atoms with van der Waals surface area (Å²) < 4.78 is 0. The first kappa shape index (κ1) is 25.9. The molecular weight excluding hydrogens is 466 g/mol. The third kappa shape index (κ3) is 8.75. The molecule has 0 bridgehead atoms. The van der Waals surface area contributed by atoms with E-state index in [4.69, 9.17) is 5.53 Å². The van der Waals surface area contributed by atoms with Gasteiger partial charge in [-0.1, -0.05) is 23.3 Å². The Kier molecular flexibility index (Phi) is 9.63. The SMILES string of the molecule is [N-]=[N+]=Nc1ccnc(CN(Cc2ccccn2)CC(O)CN(Cc2ccccn2)Cc2ccccn2)c1. The molecule has 0 aliphatic carbocycles. The Morgan fingerprint density at radius 3 is 1.57 bits per heavy atom. The van der Waals surface area contributed by atoms with Gasteiger partial charge in [0, 0.05) is 74.7 Å². The van der Waals surface area contributed by atoms with Crippen molar-refractivity contribution in [3.63, 3.8) is 0 Å². The number of rotatable bonds is 13. The normalized spacial score (nSPS) is 11.9. The highest BCUT2D eigenvalue weighted by molar-refractivity contribution is 5.36. The van der Waals surface area contributed by atoms with Crippen molar-refractivity contribution in [3.05, 3.63) is 125 Å². The maximum absolute atomic E-state index is 11.2. The first-order chi connectivity index (χ1) is 18.2. The first-order valence-corrected chi connectivity index (χ1v) is 12.0. The molecule has 1 N–H and O–H groups in total. The molecular formula is C27H29N9O. The van der Waals surface area contributed by atoms with Crippen LogP contribution in [-0.4, -0.2) is 54.0 Å². The largest absolute Gasteiger partial charge is 0.390 e. The second-order valence-electron chi connectivity index (χ2n) is 8.65. The van der Waals surface area contributed by atoms with Gasteiger partial charge in [0.15, 0.2) is 0 Å². The highest BCUT2D eigenvalue weighted by Crippen LogP contribution is 2.16. The van der Waals surface area contributed by atoms with Gasteiger partial charge in [-0.15, -0.1) is 0 Å². The average Bonchev–Trinajstić information content (AvgIpc) is 2.91. The molecule has 0 saturated carbocycles. The third-order valence-corrected chi connectivity index (χ3v) is 5.62. The number of aliphatic hydroxyl groups is 1. The van der Waals surface area contributed by atoms with E-state index in [2.05, 4.69) is 39.8 Å². The third-order valence-electron chi connectivity index (χ3n) is 5.62. The van der Waals surface area contributed by atoms with Crippen LogP contribution < -0.4 is 0 Å². The van der Waals surface area contributed by atoms with Gasteiger partial charge >= 0.3 is 0 Å². The van der Waals surface area contributed by atoms with Gasteiger partial charge in [-0.05, 0) is 54.1 Å². The molecule has 0 aliphatic heterocycles. The smallest absolute Gasteiger partial charge is 0.0794 e. The number of nitrogens with zero attached hydrogens (tertiary/aromatic N) is 9. The Balaban J connectivity index is 1.48. The van der Waals surface area contributed by atoms with E-state index in [0.717, 1.165) is 22.8 Å².